The molecule has 2 aromatic carbocycles. The van der Waals surface area contributed by atoms with Crippen LogP contribution in [-0.2, 0) is 10.0 Å². The van der Waals surface area contributed by atoms with Crippen LogP contribution in [0.4, 0.5) is 11.4 Å². The second-order valence-electron chi connectivity index (χ2n) is 5.17. The molecule has 2 aromatic rings. The van der Waals surface area contributed by atoms with Crippen LogP contribution in [0.2, 0.25) is 0 Å². The van der Waals surface area contributed by atoms with Gasteiger partial charge in [0.15, 0.2) is 4.90 Å². The molecule has 0 saturated carbocycles. The largest absolute Gasteiger partial charge is 0.296 e. The lowest BCUT2D eigenvalue weighted by Crippen LogP contribution is -2.14. The van der Waals surface area contributed by atoms with Crippen LogP contribution in [0.1, 0.15) is 11.6 Å². The maximum Gasteiger partial charge on any atom is 0.296 e. The van der Waals surface area contributed by atoms with E-state index in [-0.39, 0.29) is 12.6 Å². The van der Waals surface area contributed by atoms with Crippen molar-refractivity contribution in [2.45, 2.75) is 10.9 Å². The van der Waals surface area contributed by atoms with Crippen molar-refractivity contribution in [3.63, 3.8) is 0 Å². The highest BCUT2D eigenvalue weighted by Gasteiger charge is 2.47. The Hall–Kier alpha value is -2.85. The van der Waals surface area contributed by atoms with Crippen LogP contribution >= 0.6 is 0 Å². The molecular weight excluding hydrogens is 338 g/mol. The number of rotatable bonds is 5. The standard InChI is InChI=1S/C14H11N3O6S/c18-16(19)11-6-7-14(12(8-11)17(20)21)24(22,23)15-9-13(15)10-4-2-1-3-5-10/h1-8,13H,9H2. The van der Waals surface area contributed by atoms with Crippen molar-refractivity contribution in [1.82, 2.24) is 4.31 Å². The Morgan fingerprint density at radius 3 is 2.25 bits per heavy atom. The van der Waals surface area contributed by atoms with E-state index in [4.69, 9.17) is 0 Å². The minimum Gasteiger partial charge on any atom is -0.258 e. The van der Waals surface area contributed by atoms with Crippen molar-refractivity contribution in [3.8, 4) is 0 Å². The molecule has 1 saturated heterocycles. The van der Waals surface area contributed by atoms with E-state index in [0.29, 0.717) is 6.07 Å². The lowest BCUT2D eigenvalue weighted by Gasteiger charge is -2.07. The zero-order valence-corrected chi connectivity index (χ0v) is 12.9. The highest BCUT2D eigenvalue weighted by molar-refractivity contribution is 7.89. The molecule has 0 bridgehead atoms. The molecule has 0 aromatic heterocycles. The molecule has 124 valence electrons. The summed E-state index contributed by atoms with van der Waals surface area (Å²) in [4.78, 5) is 19.6. The topological polar surface area (TPSA) is 123 Å². The Labute approximate surface area is 136 Å². The van der Waals surface area contributed by atoms with Gasteiger partial charge >= 0.3 is 0 Å². The SMILES string of the molecule is O=[N+]([O-])c1ccc(S(=O)(=O)N2CC2c2ccccc2)c([N+](=O)[O-])c1. The average Bonchev–Trinajstić information content (AvgIpc) is 3.36. The summed E-state index contributed by atoms with van der Waals surface area (Å²) in [6, 6.07) is 11.0. The molecule has 9 nitrogen and oxygen atoms in total. The Bertz CT molecular complexity index is 929. The molecule has 2 atom stereocenters. The van der Waals surface area contributed by atoms with Crippen molar-refractivity contribution in [2.24, 2.45) is 0 Å². The van der Waals surface area contributed by atoms with Crippen molar-refractivity contribution in [2.75, 3.05) is 6.54 Å². The molecule has 10 heteroatoms. The Balaban J connectivity index is 1.99. The maximum atomic E-state index is 12.6. The average molecular weight is 349 g/mol. The van der Waals surface area contributed by atoms with Crippen molar-refractivity contribution < 1.29 is 18.3 Å². The third-order valence-corrected chi connectivity index (χ3v) is 5.61. The highest BCUT2D eigenvalue weighted by Crippen LogP contribution is 2.42. The van der Waals surface area contributed by atoms with E-state index >= 15 is 0 Å². The lowest BCUT2D eigenvalue weighted by molar-refractivity contribution is -0.396. The third kappa shape index (κ3) is 2.72. The molecule has 1 heterocycles. The van der Waals surface area contributed by atoms with Crippen LogP contribution < -0.4 is 0 Å². The molecule has 0 amide bonds. The first-order valence-corrected chi connectivity index (χ1v) is 8.26. The third-order valence-electron chi connectivity index (χ3n) is 3.69. The van der Waals surface area contributed by atoms with Gasteiger partial charge in [-0.25, -0.2) is 8.42 Å². The van der Waals surface area contributed by atoms with Gasteiger partial charge in [-0.15, -0.1) is 0 Å². The van der Waals surface area contributed by atoms with Gasteiger partial charge in [-0.2, -0.15) is 4.31 Å². The normalized spacial score (nSPS) is 19.7. The monoisotopic (exact) mass is 349 g/mol. The Kier molecular flexibility index (Phi) is 3.78. The summed E-state index contributed by atoms with van der Waals surface area (Å²) >= 11 is 0. The predicted octanol–water partition coefficient (Wildman–Crippen LogP) is 2.25. The number of sulfonamides is 1. The number of hydrogen-bond acceptors (Lipinski definition) is 6. The van der Waals surface area contributed by atoms with E-state index in [2.05, 4.69) is 0 Å². The summed E-state index contributed by atoms with van der Waals surface area (Å²) in [7, 11) is -4.11. The van der Waals surface area contributed by atoms with E-state index in [1.165, 1.54) is 0 Å². The van der Waals surface area contributed by atoms with Crippen molar-refractivity contribution >= 4 is 21.4 Å². The van der Waals surface area contributed by atoms with Crippen molar-refractivity contribution in [3.05, 3.63) is 74.3 Å². The number of nitrogens with zero attached hydrogens (tertiary/aromatic N) is 3. The maximum absolute atomic E-state index is 12.6. The summed E-state index contributed by atoms with van der Waals surface area (Å²) < 4.78 is 26.4. The van der Waals surface area contributed by atoms with Gasteiger partial charge < -0.3 is 0 Å². The second-order valence-corrected chi connectivity index (χ2v) is 7.03. The van der Waals surface area contributed by atoms with Crippen LogP contribution in [-0.4, -0.2) is 29.1 Å². The lowest BCUT2D eigenvalue weighted by atomic mass is 10.2. The highest BCUT2D eigenvalue weighted by atomic mass is 32.2. The first-order chi connectivity index (χ1) is 11.3. The molecule has 1 aliphatic rings. The molecule has 0 aliphatic carbocycles. The van der Waals surface area contributed by atoms with Crippen LogP contribution in [0.3, 0.4) is 0 Å². The van der Waals surface area contributed by atoms with E-state index < -0.39 is 36.1 Å². The fourth-order valence-electron chi connectivity index (χ4n) is 2.44. The quantitative estimate of drug-likeness (QED) is 0.463. The minimum atomic E-state index is -4.11. The van der Waals surface area contributed by atoms with Crippen molar-refractivity contribution in [1.29, 1.82) is 0 Å². The van der Waals surface area contributed by atoms with Gasteiger partial charge in [0.1, 0.15) is 0 Å². The molecular formula is C14H11N3O6S. The zero-order chi connectivity index (χ0) is 17.5. The molecule has 0 spiro atoms. The smallest absolute Gasteiger partial charge is 0.258 e. The fourth-order valence-corrected chi connectivity index (χ4v) is 4.13. The van der Waals surface area contributed by atoms with E-state index in [1.807, 2.05) is 0 Å². The van der Waals surface area contributed by atoms with E-state index in [1.54, 1.807) is 30.3 Å². The number of nitro groups is 2. The van der Waals surface area contributed by atoms with Gasteiger partial charge in [-0.3, -0.25) is 20.2 Å². The van der Waals surface area contributed by atoms with Gasteiger partial charge in [0.25, 0.3) is 21.4 Å². The molecule has 24 heavy (non-hydrogen) atoms. The predicted molar refractivity (Wildman–Crippen MR) is 82.8 cm³/mol. The van der Waals surface area contributed by atoms with Crippen LogP contribution in [0.25, 0.3) is 0 Å². The molecule has 1 aliphatic heterocycles. The minimum absolute atomic E-state index is 0.209. The number of benzene rings is 2. The van der Waals surface area contributed by atoms with Gasteiger partial charge in [0.2, 0.25) is 0 Å². The van der Waals surface area contributed by atoms with Gasteiger partial charge in [0.05, 0.1) is 22.0 Å². The summed E-state index contributed by atoms with van der Waals surface area (Å²) in [6.07, 6.45) is 0. The van der Waals surface area contributed by atoms with Crippen LogP contribution in [0, 0.1) is 20.2 Å². The summed E-state index contributed by atoms with van der Waals surface area (Å²) in [5, 5.41) is 21.9. The van der Waals surface area contributed by atoms with E-state index in [9.17, 15) is 28.6 Å². The van der Waals surface area contributed by atoms with Crippen LogP contribution in [0.5, 0.6) is 0 Å². The van der Waals surface area contributed by atoms with Gasteiger partial charge in [-0.05, 0) is 11.6 Å². The van der Waals surface area contributed by atoms with Gasteiger partial charge in [-0.1, -0.05) is 30.3 Å². The molecule has 0 N–H and O–H groups in total. The summed E-state index contributed by atoms with van der Waals surface area (Å²) in [6.45, 7) is 0.209. The number of non-ortho nitro benzene ring substituents is 1. The Morgan fingerprint density at radius 2 is 1.67 bits per heavy atom. The number of nitro benzene ring substituents is 2. The second kappa shape index (κ2) is 5.65. The first-order valence-electron chi connectivity index (χ1n) is 6.82. The summed E-state index contributed by atoms with van der Waals surface area (Å²) in [5.41, 5.74) is -0.556. The van der Waals surface area contributed by atoms with Crippen LogP contribution in [0.15, 0.2) is 53.4 Å². The number of hydrogen-bond donors (Lipinski definition) is 0. The molecule has 0 radical (unpaired) electrons. The molecule has 3 rings (SSSR count). The van der Waals surface area contributed by atoms with Gasteiger partial charge in [0, 0.05) is 12.6 Å². The Morgan fingerprint density at radius 1 is 1.00 bits per heavy atom. The molecule has 2 unspecified atom stereocenters. The molecule has 1 fully saturated rings. The zero-order valence-electron chi connectivity index (χ0n) is 12.1. The summed E-state index contributed by atoms with van der Waals surface area (Å²) in [5.74, 6) is 0. The first kappa shape index (κ1) is 16.0. The fraction of sp³-hybridized carbons (Fsp3) is 0.143. The van der Waals surface area contributed by atoms with E-state index in [0.717, 1.165) is 22.0 Å².